The first-order chi connectivity index (χ1) is 25.3. The molecule has 0 fully saturated rings. The van der Waals surface area contributed by atoms with Gasteiger partial charge in [-0.3, -0.25) is 0 Å². The fourth-order valence-electron chi connectivity index (χ4n) is 7.45. The molecule has 0 radical (unpaired) electrons. The van der Waals surface area contributed by atoms with Crippen LogP contribution in [0.4, 0.5) is 0 Å². The molecule has 240 valence electrons. The van der Waals surface area contributed by atoms with Crippen molar-refractivity contribution in [3.63, 3.8) is 0 Å². The maximum Gasteiger partial charge on any atom is 0.160 e. The van der Waals surface area contributed by atoms with E-state index < -0.39 is 0 Å². The quantitative estimate of drug-likeness (QED) is 0.188. The number of amidine groups is 2. The molecule has 0 amide bonds. The van der Waals surface area contributed by atoms with E-state index in [4.69, 9.17) is 14.4 Å². The summed E-state index contributed by atoms with van der Waals surface area (Å²) in [6.45, 7) is 0. The lowest BCUT2D eigenvalue weighted by Crippen LogP contribution is -2.33. The summed E-state index contributed by atoms with van der Waals surface area (Å²) < 4.78 is 6.46. The fraction of sp³-hybridized carbons (Fsp3) is 0.0213. The van der Waals surface area contributed by atoms with Gasteiger partial charge in [0.25, 0.3) is 0 Å². The highest BCUT2D eigenvalue weighted by atomic mass is 16.3. The number of benzene rings is 8. The van der Waals surface area contributed by atoms with Gasteiger partial charge in [0, 0.05) is 21.9 Å². The van der Waals surface area contributed by atoms with Crippen LogP contribution in [0.15, 0.2) is 190 Å². The number of hydrogen-bond acceptors (Lipinski definition) is 4. The minimum Gasteiger partial charge on any atom is -0.456 e. The minimum absolute atomic E-state index is 0.327. The van der Waals surface area contributed by atoms with E-state index in [1.54, 1.807) is 0 Å². The molecule has 0 aliphatic carbocycles. The molecule has 1 N–H and O–H groups in total. The van der Waals surface area contributed by atoms with Crippen molar-refractivity contribution in [3.8, 4) is 22.3 Å². The van der Waals surface area contributed by atoms with E-state index in [-0.39, 0.29) is 6.17 Å². The van der Waals surface area contributed by atoms with Crippen LogP contribution >= 0.6 is 0 Å². The summed E-state index contributed by atoms with van der Waals surface area (Å²) in [5.74, 6) is 1.44. The van der Waals surface area contributed by atoms with E-state index in [1.165, 1.54) is 27.1 Å². The Kier molecular flexibility index (Phi) is 6.85. The lowest BCUT2D eigenvalue weighted by molar-refractivity contribution is 0.668. The maximum atomic E-state index is 6.46. The molecule has 0 bridgehead atoms. The van der Waals surface area contributed by atoms with Crippen molar-refractivity contribution < 1.29 is 4.42 Å². The number of aliphatic imine (C=N–C) groups is 2. The molecule has 1 aromatic heterocycles. The number of furan rings is 1. The summed E-state index contributed by atoms with van der Waals surface area (Å²) in [6, 6.07) is 61.6. The summed E-state index contributed by atoms with van der Waals surface area (Å²) >= 11 is 0. The Morgan fingerprint density at radius 3 is 1.90 bits per heavy atom. The number of rotatable bonds is 5. The van der Waals surface area contributed by atoms with Crippen LogP contribution in [-0.2, 0) is 0 Å². The Labute approximate surface area is 295 Å². The zero-order valence-corrected chi connectivity index (χ0v) is 27.6. The van der Waals surface area contributed by atoms with Gasteiger partial charge in [-0.2, -0.15) is 0 Å². The van der Waals surface area contributed by atoms with Gasteiger partial charge in [0.1, 0.15) is 23.2 Å². The second-order valence-corrected chi connectivity index (χ2v) is 13.0. The number of hydrogen-bond donors (Lipinski definition) is 1. The highest BCUT2D eigenvalue weighted by molar-refractivity contribution is 6.23. The van der Waals surface area contributed by atoms with Crippen LogP contribution in [0.1, 0.15) is 22.9 Å². The molecule has 4 heteroatoms. The van der Waals surface area contributed by atoms with Gasteiger partial charge in [0.05, 0.1) is 0 Å². The lowest BCUT2D eigenvalue weighted by Gasteiger charge is -2.24. The van der Waals surface area contributed by atoms with Crippen LogP contribution in [0.25, 0.3) is 65.7 Å². The Morgan fingerprint density at radius 2 is 1.10 bits per heavy atom. The lowest BCUT2D eigenvalue weighted by atomic mass is 9.93. The first-order valence-electron chi connectivity index (χ1n) is 17.3. The number of nitrogens with zero attached hydrogens (tertiary/aromatic N) is 2. The summed E-state index contributed by atoms with van der Waals surface area (Å²) in [7, 11) is 0. The third-order valence-corrected chi connectivity index (χ3v) is 9.92. The average Bonchev–Trinajstić information content (AvgIpc) is 3.59. The van der Waals surface area contributed by atoms with Gasteiger partial charge in [-0.05, 0) is 73.6 Å². The molecule has 51 heavy (non-hydrogen) atoms. The Bertz CT molecular complexity index is 2820. The van der Waals surface area contributed by atoms with E-state index >= 15 is 0 Å². The monoisotopic (exact) mass is 653 g/mol. The van der Waals surface area contributed by atoms with Crippen LogP contribution in [0.2, 0.25) is 0 Å². The summed E-state index contributed by atoms with van der Waals surface area (Å²) in [4.78, 5) is 10.6. The predicted octanol–water partition coefficient (Wildman–Crippen LogP) is 11.7. The summed E-state index contributed by atoms with van der Waals surface area (Å²) in [5, 5.41) is 10.7. The molecule has 1 aliphatic heterocycles. The molecule has 2 heterocycles. The molecule has 4 nitrogen and oxygen atoms in total. The normalized spacial score (nSPS) is 14.5. The number of fused-ring (bicyclic) bond motifs is 6. The van der Waals surface area contributed by atoms with Crippen molar-refractivity contribution in [3.05, 3.63) is 193 Å². The standard InChI is InChI=1S/C47H31N3O/c1-3-13-30(14-4-1)35-28-41(44-39-21-11-12-22-42(39)51-43(44)29-35)47-49-45(32-15-5-2-6-16-32)48-46(50-47)33-25-23-31(24-26-33)40-27-34-17-7-8-18-36(34)37-19-9-10-20-38(37)40/h1-29,45H,(H,48,49,50). The van der Waals surface area contributed by atoms with Gasteiger partial charge in [-0.25, -0.2) is 9.98 Å². The third-order valence-electron chi connectivity index (χ3n) is 9.92. The Hall–Kier alpha value is -6.78. The van der Waals surface area contributed by atoms with E-state index in [1.807, 2.05) is 24.3 Å². The molecule has 0 spiro atoms. The predicted molar refractivity (Wildman–Crippen MR) is 211 cm³/mol. The highest BCUT2D eigenvalue weighted by Crippen LogP contribution is 2.38. The largest absolute Gasteiger partial charge is 0.456 e. The topological polar surface area (TPSA) is 49.9 Å². The second-order valence-electron chi connectivity index (χ2n) is 13.0. The van der Waals surface area contributed by atoms with Gasteiger partial charge in [0.2, 0.25) is 0 Å². The molecular formula is C47H31N3O. The van der Waals surface area contributed by atoms with Gasteiger partial charge in [-0.15, -0.1) is 0 Å². The number of nitrogens with one attached hydrogen (secondary N) is 1. The molecule has 8 aromatic carbocycles. The average molecular weight is 654 g/mol. The first-order valence-corrected chi connectivity index (χ1v) is 17.3. The van der Waals surface area contributed by atoms with Crippen molar-refractivity contribution in [2.24, 2.45) is 9.98 Å². The zero-order chi connectivity index (χ0) is 33.7. The molecule has 1 atom stereocenters. The third kappa shape index (κ3) is 5.08. The maximum absolute atomic E-state index is 6.46. The van der Waals surface area contributed by atoms with E-state index in [9.17, 15) is 0 Å². The smallest absolute Gasteiger partial charge is 0.160 e. The van der Waals surface area contributed by atoms with Gasteiger partial charge in [-0.1, -0.05) is 152 Å². The summed E-state index contributed by atoms with van der Waals surface area (Å²) in [5.41, 5.74) is 9.19. The zero-order valence-electron chi connectivity index (χ0n) is 27.6. The molecular weight excluding hydrogens is 623 g/mol. The van der Waals surface area contributed by atoms with E-state index in [0.29, 0.717) is 5.84 Å². The van der Waals surface area contributed by atoms with Crippen LogP contribution in [-0.4, -0.2) is 11.7 Å². The van der Waals surface area contributed by atoms with Crippen molar-refractivity contribution in [1.29, 1.82) is 0 Å². The number of para-hydroxylation sites is 1. The van der Waals surface area contributed by atoms with E-state index in [0.717, 1.165) is 61.2 Å². The second kappa shape index (κ2) is 12.0. The van der Waals surface area contributed by atoms with Crippen molar-refractivity contribution in [2.45, 2.75) is 6.17 Å². The molecule has 1 aliphatic rings. The molecule has 10 rings (SSSR count). The summed E-state index contributed by atoms with van der Waals surface area (Å²) in [6.07, 6.45) is -0.327. The molecule has 1 unspecified atom stereocenters. The van der Waals surface area contributed by atoms with Crippen LogP contribution < -0.4 is 5.32 Å². The highest BCUT2D eigenvalue weighted by Gasteiger charge is 2.24. The minimum atomic E-state index is -0.327. The van der Waals surface area contributed by atoms with Crippen molar-refractivity contribution in [1.82, 2.24) is 5.32 Å². The van der Waals surface area contributed by atoms with Crippen LogP contribution in [0.5, 0.6) is 0 Å². The van der Waals surface area contributed by atoms with Crippen LogP contribution in [0, 0.1) is 0 Å². The van der Waals surface area contributed by atoms with Gasteiger partial charge in [0.15, 0.2) is 5.84 Å². The molecule has 0 saturated carbocycles. The molecule has 0 saturated heterocycles. The Balaban J connectivity index is 1.14. The fourth-order valence-corrected chi connectivity index (χ4v) is 7.45. The van der Waals surface area contributed by atoms with E-state index in [2.05, 4.69) is 157 Å². The Morgan fingerprint density at radius 1 is 0.451 bits per heavy atom. The van der Waals surface area contributed by atoms with Crippen LogP contribution in [0.3, 0.4) is 0 Å². The van der Waals surface area contributed by atoms with Crippen molar-refractivity contribution >= 4 is 55.2 Å². The SMILES string of the molecule is c1ccc(-c2cc(C3=NC(c4ccccc4)NC(c4ccc(-c5cc6ccccc6c6ccccc56)cc4)=N3)c3c(c2)oc2ccccc23)cc1. The van der Waals surface area contributed by atoms with Gasteiger partial charge >= 0.3 is 0 Å². The first kappa shape index (κ1) is 29.2. The van der Waals surface area contributed by atoms with Gasteiger partial charge < -0.3 is 9.73 Å². The molecule has 9 aromatic rings. The van der Waals surface area contributed by atoms with Crippen molar-refractivity contribution in [2.75, 3.05) is 0 Å².